The van der Waals surface area contributed by atoms with Crippen LogP contribution < -0.4 is 10.2 Å². The summed E-state index contributed by atoms with van der Waals surface area (Å²) < 4.78 is 11.3. The first kappa shape index (κ1) is 17.2. The lowest BCUT2D eigenvalue weighted by Crippen LogP contribution is -2.06. The highest BCUT2D eigenvalue weighted by Crippen LogP contribution is 2.34. The van der Waals surface area contributed by atoms with E-state index in [0.29, 0.717) is 11.1 Å². The molecule has 7 nitrogen and oxygen atoms in total. The van der Waals surface area contributed by atoms with Gasteiger partial charge in [-0.3, -0.25) is 4.79 Å². The van der Waals surface area contributed by atoms with Gasteiger partial charge in [-0.2, -0.15) is 5.26 Å². The Bertz CT molecular complexity index is 1330. The molecule has 1 heterocycles. The van der Waals surface area contributed by atoms with E-state index in [9.17, 15) is 25.4 Å². The Hall–Kier alpha value is -4.18. The third-order valence-electron chi connectivity index (χ3n) is 4.34. The van der Waals surface area contributed by atoms with E-state index in [-0.39, 0.29) is 40.0 Å². The zero-order valence-electron chi connectivity index (χ0n) is 14.3. The fraction of sp³-hybridized carbons (Fsp3) is 0.0476. The van der Waals surface area contributed by atoms with Gasteiger partial charge in [0, 0.05) is 23.8 Å². The highest BCUT2D eigenvalue weighted by molar-refractivity contribution is 5.95. The van der Waals surface area contributed by atoms with Gasteiger partial charge in [0.2, 0.25) is 5.43 Å². The van der Waals surface area contributed by atoms with Crippen LogP contribution in [-0.4, -0.2) is 15.3 Å². The maximum Gasteiger partial charge on any atom is 0.204 e. The molecule has 0 fully saturated rings. The molecule has 7 heteroatoms. The van der Waals surface area contributed by atoms with E-state index in [1.807, 2.05) is 0 Å². The molecule has 3 aromatic carbocycles. The summed E-state index contributed by atoms with van der Waals surface area (Å²) >= 11 is 0. The first-order valence-electron chi connectivity index (χ1n) is 8.24. The zero-order valence-corrected chi connectivity index (χ0v) is 14.3. The molecular weight excluding hydrogens is 362 g/mol. The van der Waals surface area contributed by atoms with Crippen LogP contribution in [-0.2, 0) is 6.61 Å². The summed E-state index contributed by atoms with van der Waals surface area (Å²) in [5.74, 6) is -0.990. The van der Waals surface area contributed by atoms with Crippen molar-refractivity contribution in [2.45, 2.75) is 6.61 Å². The summed E-state index contributed by atoms with van der Waals surface area (Å²) in [5, 5.41) is 38.6. The van der Waals surface area contributed by atoms with Gasteiger partial charge in [0.1, 0.15) is 34.7 Å². The van der Waals surface area contributed by atoms with E-state index in [1.165, 1.54) is 12.1 Å². The molecule has 0 saturated heterocycles. The molecule has 0 atom stereocenters. The lowest BCUT2D eigenvalue weighted by atomic mass is 10.1. The molecule has 4 aromatic rings. The maximum atomic E-state index is 13.0. The Kier molecular flexibility index (Phi) is 4.02. The van der Waals surface area contributed by atoms with Crippen LogP contribution in [0.3, 0.4) is 0 Å². The predicted molar refractivity (Wildman–Crippen MR) is 100 cm³/mol. The Balaban J connectivity index is 1.88. The van der Waals surface area contributed by atoms with Crippen LogP contribution in [0.1, 0.15) is 11.1 Å². The summed E-state index contributed by atoms with van der Waals surface area (Å²) in [6, 6.07) is 13.7. The number of fused-ring (bicyclic) bond motifs is 2. The summed E-state index contributed by atoms with van der Waals surface area (Å²) in [4.78, 5) is 13.0. The number of nitrogens with zero attached hydrogens (tertiary/aromatic N) is 1. The molecule has 0 unspecified atom stereocenters. The van der Waals surface area contributed by atoms with E-state index in [4.69, 9.17) is 9.15 Å². The van der Waals surface area contributed by atoms with Gasteiger partial charge in [0.15, 0.2) is 11.5 Å². The van der Waals surface area contributed by atoms with Crippen molar-refractivity contribution in [3.63, 3.8) is 0 Å². The third kappa shape index (κ3) is 2.83. The molecule has 28 heavy (non-hydrogen) atoms. The molecule has 0 bridgehead atoms. The molecule has 0 aliphatic carbocycles. The van der Waals surface area contributed by atoms with Gasteiger partial charge >= 0.3 is 0 Å². The number of ether oxygens (including phenoxy) is 1. The lowest BCUT2D eigenvalue weighted by Gasteiger charge is -2.11. The van der Waals surface area contributed by atoms with Gasteiger partial charge in [-0.05, 0) is 12.1 Å². The Morgan fingerprint density at radius 3 is 2.54 bits per heavy atom. The number of benzene rings is 3. The van der Waals surface area contributed by atoms with Crippen molar-refractivity contribution >= 4 is 21.9 Å². The molecule has 0 aliphatic heterocycles. The van der Waals surface area contributed by atoms with Crippen molar-refractivity contribution in [1.29, 1.82) is 5.26 Å². The van der Waals surface area contributed by atoms with Gasteiger partial charge in [-0.15, -0.1) is 0 Å². The maximum absolute atomic E-state index is 13.0. The first-order valence-corrected chi connectivity index (χ1v) is 8.24. The van der Waals surface area contributed by atoms with Crippen LogP contribution >= 0.6 is 0 Å². The fourth-order valence-corrected chi connectivity index (χ4v) is 2.98. The lowest BCUT2D eigenvalue weighted by molar-refractivity contribution is 0.307. The van der Waals surface area contributed by atoms with Crippen molar-refractivity contribution in [2.75, 3.05) is 0 Å². The van der Waals surface area contributed by atoms with Gasteiger partial charge in [0.25, 0.3) is 0 Å². The summed E-state index contributed by atoms with van der Waals surface area (Å²) in [5.41, 5.74) is 0.680. The summed E-state index contributed by atoms with van der Waals surface area (Å²) in [6.07, 6.45) is 0. The van der Waals surface area contributed by atoms with Crippen LogP contribution in [0.25, 0.3) is 21.9 Å². The summed E-state index contributed by atoms with van der Waals surface area (Å²) in [7, 11) is 0. The van der Waals surface area contributed by atoms with Crippen LogP contribution in [0.5, 0.6) is 23.0 Å². The topological polar surface area (TPSA) is 124 Å². The number of nitriles is 1. The molecule has 4 rings (SSSR count). The molecule has 3 N–H and O–H groups in total. The van der Waals surface area contributed by atoms with Crippen molar-refractivity contribution in [3.05, 3.63) is 69.9 Å². The number of hydrogen-bond donors (Lipinski definition) is 3. The van der Waals surface area contributed by atoms with Crippen LogP contribution in [0.15, 0.2) is 57.7 Å². The van der Waals surface area contributed by atoms with E-state index in [2.05, 4.69) is 6.07 Å². The Morgan fingerprint density at radius 2 is 1.75 bits per heavy atom. The van der Waals surface area contributed by atoms with Crippen molar-refractivity contribution in [2.24, 2.45) is 0 Å². The van der Waals surface area contributed by atoms with E-state index < -0.39 is 16.9 Å². The quantitative estimate of drug-likeness (QED) is 0.370. The van der Waals surface area contributed by atoms with Crippen molar-refractivity contribution in [1.82, 2.24) is 0 Å². The molecule has 0 saturated carbocycles. The average Bonchev–Trinajstić information content (AvgIpc) is 2.67. The van der Waals surface area contributed by atoms with Gasteiger partial charge in [0.05, 0.1) is 17.0 Å². The normalized spacial score (nSPS) is 10.8. The summed E-state index contributed by atoms with van der Waals surface area (Å²) in [6.45, 7) is 0.000587. The monoisotopic (exact) mass is 375 g/mol. The number of aromatic hydroxyl groups is 3. The fourth-order valence-electron chi connectivity index (χ4n) is 2.98. The minimum absolute atomic E-state index is 0.000587. The second-order valence-electron chi connectivity index (χ2n) is 6.14. The number of phenols is 3. The highest BCUT2D eigenvalue weighted by Gasteiger charge is 2.17. The van der Waals surface area contributed by atoms with E-state index in [0.717, 1.165) is 12.1 Å². The standard InChI is InChI=1S/C21H13NO6/c22-9-11-3-1-2-4-12(11)10-27-18-5-13(23)6-19-20(18)21(26)14-7-15(24)16(25)8-17(14)28-19/h1-8,23-25H,10H2. The van der Waals surface area contributed by atoms with Crippen LogP contribution in [0, 0.1) is 11.3 Å². The smallest absolute Gasteiger partial charge is 0.204 e. The van der Waals surface area contributed by atoms with Gasteiger partial charge < -0.3 is 24.5 Å². The van der Waals surface area contributed by atoms with Crippen LogP contribution in [0.2, 0.25) is 0 Å². The van der Waals surface area contributed by atoms with E-state index in [1.54, 1.807) is 24.3 Å². The minimum Gasteiger partial charge on any atom is -0.508 e. The third-order valence-corrected chi connectivity index (χ3v) is 4.34. The largest absolute Gasteiger partial charge is 0.508 e. The van der Waals surface area contributed by atoms with Gasteiger partial charge in [-0.1, -0.05) is 18.2 Å². The molecule has 0 radical (unpaired) electrons. The SMILES string of the molecule is N#Cc1ccccc1COc1cc(O)cc2oc3cc(O)c(O)cc3c(=O)c12. The minimum atomic E-state index is -0.491. The Morgan fingerprint density at radius 1 is 1.00 bits per heavy atom. The molecule has 0 amide bonds. The zero-order chi connectivity index (χ0) is 19.8. The van der Waals surface area contributed by atoms with E-state index >= 15 is 0 Å². The van der Waals surface area contributed by atoms with Gasteiger partial charge in [-0.25, -0.2) is 0 Å². The molecule has 1 aromatic heterocycles. The molecule has 0 spiro atoms. The second kappa shape index (κ2) is 6.52. The highest BCUT2D eigenvalue weighted by atomic mass is 16.5. The number of phenolic OH excluding ortho intramolecular Hbond substituents is 3. The van der Waals surface area contributed by atoms with Crippen LogP contribution in [0.4, 0.5) is 0 Å². The second-order valence-corrected chi connectivity index (χ2v) is 6.14. The average molecular weight is 375 g/mol. The Labute approximate surface area is 157 Å². The molecule has 138 valence electrons. The van der Waals surface area contributed by atoms with Crippen molar-refractivity contribution in [3.8, 4) is 29.1 Å². The predicted octanol–water partition coefficient (Wildman–Crippen LogP) is 3.51. The van der Waals surface area contributed by atoms with Crippen molar-refractivity contribution < 1.29 is 24.5 Å². The molecule has 0 aliphatic rings. The first-order chi connectivity index (χ1) is 13.5. The number of hydrogen-bond acceptors (Lipinski definition) is 7. The number of rotatable bonds is 3. The molecular formula is C21H13NO6.